The van der Waals surface area contributed by atoms with Crippen molar-refractivity contribution in [2.45, 2.75) is 0 Å². The summed E-state index contributed by atoms with van der Waals surface area (Å²) in [4.78, 5) is 0. The van der Waals surface area contributed by atoms with E-state index in [0.29, 0.717) is 0 Å². The van der Waals surface area contributed by atoms with Crippen LogP contribution in [0, 0.1) is 0 Å². The molecule has 60 valence electrons. The molecule has 0 aliphatic rings. The number of hydrogen-bond donors (Lipinski definition) is 0. The Balaban J connectivity index is 2.51. The van der Waals surface area contributed by atoms with Crippen molar-refractivity contribution in [1.29, 1.82) is 0 Å². The maximum Gasteiger partial charge on any atom is 0.107 e. The van der Waals surface area contributed by atoms with E-state index in [-0.39, 0.29) is 0 Å². The number of aromatic nitrogens is 3. The molecule has 0 aliphatic heterocycles. The molecule has 4 heteroatoms. The van der Waals surface area contributed by atoms with Crippen LogP contribution in [0.15, 0.2) is 36.5 Å². The first-order valence-electron chi connectivity index (χ1n) is 3.50. The van der Waals surface area contributed by atoms with Crippen molar-refractivity contribution in [2.75, 3.05) is 0 Å². The SMILES string of the molecule is Cln1nncc1-c1ccccc1. The summed E-state index contributed by atoms with van der Waals surface area (Å²) in [5.41, 5.74) is 1.81. The normalized spacial score (nSPS) is 10.1. The fourth-order valence-electron chi connectivity index (χ4n) is 1.01. The predicted octanol–water partition coefficient (Wildman–Crippen LogP) is 1.95. The Morgan fingerprint density at radius 3 is 2.50 bits per heavy atom. The van der Waals surface area contributed by atoms with Crippen LogP contribution in [0.25, 0.3) is 11.3 Å². The van der Waals surface area contributed by atoms with Crippen molar-refractivity contribution >= 4 is 11.8 Å². The maximum atomic E-state index is 5.72. The summed E-state index contributed by atoms with van der Waals surface area (Å²) >= 11 is 5.72. The zero-order chi connectivity index (χ0) is 8.39. The topological polar surface area (TPSA) is 30.7 Å². The third-order valence-electron chi connectivity index (χ3n) is 1.58. The van der Waals surface area contributed by atoms with Crippen LogP contribution in [0.1, 0.15) is 0 Å². The molecule has 0 bridgehead atoms. The summed E-state index contributed by atoms with van der Waals surface area (Å²) in [6.07, 6.45) is 1.63. The maximum absolute atomic E-state index is 5.72. The number of halogens is 1. The molecular weight excluding hydrogens is 174 g/mol. The van der Waals surface area contributed by atoms with Crippen LogP contribution in [-0.2, 0) is 0 Å². The Morgan fingerprint density at radius 2 is 1.92 bits per heavy atom. The van der Waals surface area contributed by atoms with Crippen molar-refractivity contribution < 1.29 is 0 Å². The van der Waals surface area contributed by atoms with E-state index in [1.54, 1.807) is 6.20 Å². The second-order valence-electron chi connectivity index (χ2n) is 2.35. The third kappa shape index (κ3) is 1.19. The van der Waals surface area contributed by atoms with Gasteiger partial charge in [0.15, 0.2) is 0 Å². The largest absolute Gasteiger partial charge is 0.152 e. The summed E-state index contributed by atoms with van der Waals surface area (Å²) in [5, 5.41) is 7.30. The molecule has 0 atom stereocenters. The minimum atomic E-state index is 0.803. The lowest BCUT2D eigenvalue weighted by Gasteiger charge is -1.95. The third-order valence-corrected chi connectivity index (χ3v) is 1.83. The average Bonchev–Trinajstić information content (AvgIpc) is 2.53. The standard InChI is InChI=1S/C8H6ClN3/c9-12-8(6-10-11-12)7-4-2-1-3-5-7/h1-6H. The van der Waals surface area contributed by atoms with Crippen molar-refractivity contribution in [2.24, 2.45) is 0 Å². The monoisotopic (exact) mass is 179 g/mol. The van der Waals surface area contributed by atoms with Gasteiger partial charge in [-0.1, -0.05) is 35.5 Å². The highest BCUT2D eigenvalue weighted by Gasteiger charge is 2.02. The zero-order valence-electron chi connectivity index (χ0n) is 6.18. The van der Waals surface area contributed by atoms with Crippen LogP contribution < -0.4 is 0 Å². The van der Waals surface area contributed by atoms with E-state index in [9.17, 15) is 0 Å². The molecule has 0 N–H and O–H groups in total. The molecule has 0 saturated carbocycles. The van der Waals surface area contributed by atoms with Crippen LogP contribution in [0.4, 0.5) is 0 Å². The van der Waals surface area contributed by atoms with Gasteiger partial charge < -0.3 is 0 Å². The second-order valence-corrected chi connectivity index (χ2v) is 2.67. The lowest BCUT2D eigenvalue weighted by atomic mass is 10.2. The summed E-state index contributed by atoms with van der Waals surface area (Å²) in [6, 6.07) is 9.75. The molecule has 1 aromatic carbocycles. The lowest BCUT2D eigenvalue weighted by Crippen LogP contribution is -1.86. The Bertz CT molecular complexity index is 369. The van der Waals surface area contributed by atoms with Gasteiger partial charge in [-0.15, -0.1) is 5.10 Å². The quantitative estimate of drug-likeness (QED) is 0.670. The van der Waals surface area contributed by atoms with E-state index in [2.05, 4.69) is 10.3 Å². The number of nitrogens with zero attached hydrogens (tertiary/aromatic N) is 3. The first-order chi connectivity index (χ1) is 5.88. The van der Waals surface area contributed by atoms with Gasteiger partial charge in [-0.3, -0.25) is 0 Å². The highest BCUT2D eigenvalue weighted by Crippen LogP contribution is 2.17. The number of benzene rings is 1. The fourth-order valence-corrected chi connectivity index (χ4v) is 1.19. The van der Waals surface area contributed by atoms with E-state index in [1.807, 2.05) is 30.3 Å². The van der Waals surface area contributed by atoms with Crippen LogP contribution in [0.5, 0.6) is 0 Å². The minimum Gasteiger partial charge on any atom is -0.152 e. The number of rotatable bonds is 1. The van der Waals surface area contributed by atoms with Gasteiger partial charge in [-0.2, -0.15) is 4.20 Å². The van der Waals surface area contributed by atoms with Gasteiger partial charge in [0.25, 0.3) is 0 Å². The molecule has 3 nitrogen and oxygen atoms in total. The Morgan fingerprint density at radius 1 is 1.17 bits per heavy atom. The van der Waals surface area contributed by atoms with Crippen LogP contribution in [0.3, 0.4) is 0 Å². The Labute approximate surface area is 74.7 Å². The molecule has 2 rings (SSSR count). The molecule has 1 aromatic heterocycles. The highest BCUT2D eigenvalue weighted by atomic mass is 35.5. The van der Waals surface area contributed by atoms with Gasteiger partial charge >= 0.3 is 0 Å². The molecule has 0 unspecified atom stereocenters. The van der Waals surface area contributed by atoms with E-state index in [4.69, 9.17) is 11.8 Å². The molecule has 1 heterocycles. The Hall–Kier alpha value is -1.35. The minimum absolute atomic E-state index is 0.803. The lowest BCUT2D eigenvalue weighted by molar-refractivity contribution is 0.883. The summed E-state index contributed by atoms with van der Waals surface area (Å²) in [7, 11) is 0. The first kappa shape index (κ1) is 7.31. The molecule has 0 saturated heterocycles. The predicted molar refractivity (Wildman–Crippen MR) is 46.7 cm³/mol. The molecule has 0 aliphatic carbocycles. The van der Waals surface area contributed by atoms with Gasteiger partial charge in [0.2, 0.25) is 0 Å². The van der Waals surface area contributed by atoms with Gasteiger partial charge in [-0.05, 0) is 0 Å². The molecule has 0 radical (unpaired) electrons. The van der Waals surface area contributed by atoms with Gasteiger partial charge in [0.05, 0.1) is 6.20 Å². The van der Waals surface area contributed by atoms with Crippen LogP contribution >= 0.6 is 11.8 Å². The molecule has 12 heavy (non-hydrogen) atoms. The highest BCUT2D eigenvalue weighted by molar-refractivity contribution is 6.16. The summed E-state index contributed by atoms with van der Waals surface area (Å²) in [5.74, 6) is 0. The number of hydrogen-bond acceptors (Lipinski definition) is 2. The van der Waals surface area contributed by atoms with E-state index < -0.39 is 0 Å². The first-order valence-corrected chi connectivity index (χ1v) is 3.84. The van der Waals surface area contributed by atoms with Crippen molar-refractivity contribution in [3.05, 3.63) is 36.5 Å². The fraction of sp³-hybridized carbons (Fsp3) is 0. The smallest absolute Gasteiger partial charge is 0.107 e. The zero-order valence-corrected chi connectivity index (χ0v) is 6.94. The van der Waals surface area contributed by atoms with Gasteiger partial charge in [-0.25, -0.2) is 0 Å². The summed E-state index contributed by atoms with van der Waals surface area (Å²) < 4.78 is 1.23. The average molecular weight is 180 g/mol. The molecule has 0 spiro atoms. The van der Waals surface area contributed by atoms with Crippen LogP contribution in [-0.4, -0.2) is 14.5 Å². The van der Waals surface area contributed by atoms with Crippen molar-refractivity contribution in [1.82, 2.24) is 14.5 Å². The van der Waals surface area contributed by atoms with Gasteiger partial charge in [0, 0.05) is 17.3 Å². The van der Waals surface area contributed by atoms with E-state index in [1.165, 1.54) is 4.20 Å². The van der Waals surface area contributed by atoms with E-state index in [0.717, 1.165) is 11.3 Å². The molecular formula is C8H6ClN3. The summed E-state index contributed by atoms with van der Waals surface area (Å²) in [6.45, 7) is 0. The van der Waals surface area contributed by atoms with E-state index >= 15 is 0 Å². The van der Waals surface area contributed by atoms with Crippen molar-refractivity contribution in [3.8, 4) is 11.3 Å². The molecule has 0 fully saturated rings. The molecule has 0 amide bonds. The van der Waals surface area contributed by atoms with Gasteiger partial charge in [0.1, 0.15) is 5.69 Å². The molecule has 2 aromatic rings. The Kier molecular flexibility index (Phi) is 1.80. The second kappa shape index (κ2) is 2.95. The van der Waals surface area contributed by atoms with Crippen molar-refractivity contribution in [3.63, 3.8) is 0 Å². The van der Waals surface area contributed by atoms with Crippen LogP contribution in [0.2, 0.25) is 0 Å².